The summed E-state index contributed by atoms with van der Waals surface area (Å²) >= 11 is 3.27. The molecule has 6 nitrogen and oxygen atoms in total. The van der Waals surface area contributed by atoms with Gasteiger partial charge < -0.3 is 15.2 Å². The molecular weight excluding hydrogens is 514 g/mol. The number of hydrogen-bond acceptors (Lipinski definition) is 3. The summed E-state index contributed by atoms with van der Waals surface area (Å²) < 4.78 is 16.6. The predicted molar refractivity (Wildman–Crippen MR) is 117 cm³/mol. The van der Waals surface area contributed by atoms with Gasteiger partial charge in [-0.05, 0) is 30.5 Å². The fourth-order valence-electron chi connectivity index (χ4n) is 2.46. The quantitative estimate of drug-likeness (QED) is 0.234. The first kappa shape index (κ1) is 22.8. The Morgan fingerprint density at radius 1 is 1.31 bits per heavy atom. The fourth-order valence-corrected chi connectivity index (χ4v) is 2.80. The standard InChI is InChI=1S/C17H24BrFN6.HI/c1-3-16-24-23-12-25(16)10-9-22-17(20-2)21-8-4-5-13-6-7-14(18)11-15(13)19;/h6-7,11-12H,3-5,8-10H2,1-2H3,(H2,20,21,22);1H. The Labute approximate surface area is 179 Å². The number of aryl methyl sites for hydroxylation is 2. The minimum absolute atomic E-state index is 0. The maximum atomic E-state index is 13.8. The van der Waals surface area contributed by atoms with Crippen LogP contribution < -0.4 is 10.6 Å². The van der Waals surface area contributed by atoms with Crippen molar-refractivity contribution in [3.63, 3.8) is 0 Å². The summed E-state index contributed by atoms with van der Waals surface area (Å²) in [5, 5.41) is 14.5. The van der Waals surface area contributed by atoms with E-state index in [0.717, 1.165) is 54.3 Å². The van der Waals surface area contributed by atoms with Crippen molar-refractivity contribution >= 4 is 45.9 Å². The van der Waals surface area contributed by atoms with Crippen LogP contribution >= 0.6 is 39.9 Å². The first-order chi connectivity index (χ1) is 12.1. The maximum Gasteiger partial charge on any atom is 0.191 e. The highest BCUT2D eigenvalue weighted by molar-refractivity contribution is 14.0. The highest BCUT2D eigenvalue weighted by Crippen LogP contribution is 2.16. The summed E-state index contributed by atoms with van der Waals surface area (Å²) in [5.41, 5.74) is 0.729. The van der Waals surface area contributed by atoms with E-state index in [-0.39, 0.29) is 29.8 Å². The van der Waals surface area contributed by atoms with Crippen molar-refractivity contribution in [1.29, 1.82) is 0 Å². The summed E-state index contributed by atoms with van der Waals surface area (Å²) in [4.78, 5) is 4.20. The van der Waals surface area contributed by atoms with Gasteiger partial charge in [-0.2, -0.15) is 0 Å². The van der Waals surface area contributed by atoms with Gasteiger partial charge in [0.15, 0.2) is 5.96 Å². The van der Waals surface area contributed by atoms with Gasteiger partial charge in [-0.25, -0.2) is 4.39 Å². The topological polar surface area (TPSA) is 67.1 Å². The molecule has 0 aliphatic rings. The first-order valence-corrected chi connectivity index (χ1v) is 9.18. The molecule has 0 fully saturated rings. The number of hydrogen-bond donors (Lipinski definition) is 2. The van der Waals surface area contributed by atoms with Gasteiger partial charge in [-0.15, -0.1) is 34.2 Å². The number of guanidine groups is 1. The fraction of sp³-hybridized carbons (Fsp3) is 0.471. The summed E-state index contributed by atoms with van der Waals surface area (Å²) in [7, 11) is 1.74. The lowest BCUT2D eigenvalue weighted by molar-refractivity contribution is 0.600. The van der Waals surface area contributed by atoms with Crippen molar-refractivity contribution < 1.29 is 4.39 Å². The van der Waals surface area contributed by atoms with Crippen LogP contribution in [0.1, 0.15) is 24.7 Å². The van der Waals surface area contributed by atoms with E-state index in [1.54, 1.807) is 13.4 Å². The lowest BCUT2D eigenvalue weighted by Gasteiger charge is -2.12. The second kappa shape index (κ2) is 12.2. The van der Waals surface area contributed by atoms with Gasteiger partial charge in [0.1, 0.15) is 18.0 Å². The molecule has 0 amide bonds. The molecular formula is C17H25BrFIN6. The number of nitrogens with one attached hydrogen (secondary N) is 2. The van der Waals surface area contributed by atoms with Crippen molar-refractivity contribution in [1.82, 2.24) is 25.4 Å². The maximum absolute atomic E-state index is 13.8. The zero-order valence-corrected chi connectivity index (χ0v) is 18.9. The van der Waals surface area contributed by atoms with Gasteiger partial charge in [-0.1, -0.05) is 28.9 Å². The Balaban J connectivity index is 0.00000338. The number of aliphatic imine (C=N–C) groups is 1. The average molecular weight is 539 g/mol. The van der Waals surface area contributed by atoms with Crippen molar-refractivity contribution in [2.24, 2.45) is 4.99 Å². The van der Waals surface area contributed by atoms with Crippen molar-refractivity contribution in [2.75, 3.05) is 20.1 Å². The van der Waals surface area contributed by atoms with Gasteiger partial charge in [0.25, 0.3) is 0 Å². The normalized spacial score (nSPS) is 11.2. The lowest BCUT2D eigenvalue weighted by atomic mass is 10.1. The molecule has 26 heavy (non-hydrogen) atoms. The van der Waals surface area contributed by atoms with Crippen LogP contribution in [0.2, 0.25) is 0 Å². The molecule has 0 aliphatic carbocycles. The summed E-state index contributed by atoms with van der Waals surface area (Å²) in [6.45, 7) is 4.29. The second-order valence-electron chi connectivity index (χ2n) is 5.56. The largest absolute Gasteiger partial charge is 0.356 e. The van der Waals surface area contributed by atoms with Crippen LogP contribution in [0, 0.1) is 5.82 Å². The monoisotopic (exact) mass is 538 g/mol. The van der Waals surface area contributed by atoms with E-state index >= 15 is 0 Å². The third-order valence-corrected chi connectivity index (χ3v) is 4.30. The number of nitrogens with zero attached hydrogens (tertiary/aromatic N) is 4. The van der Waals surface area contributed by atoms with Crippen molar-refractivity contribution in [3.05, 3.63) is 46.2 Å². The van der Waals surface area contributed by atoms with Gasteiger partial charge in [-0.3, -0.25) is 4.99 Å². The van der Waals surface area contributed by atoms with Crippen molar-refractivity contribution in [2.45, 2.75) is 32.7 Å². The summed E-state index contributed by atoms with van der Waals surface area (Å²) in [5.74, 6) is 1.54. The Kier molecular flexibility index (Phi) is 10.7. The van der Waals surface area contributed by atoms with Crippen LogP contribution in [-0.4, -0.2) is 40.9 Å². The second-order valence-corrected chi connectivity index (χ2v) is 6.47. The van der Waals surface area contributed by atoms with E-state index in [2.05, 4.69) is 48.7 Å². The van der Waals surface area contributed by atoms with Crippen LogP contribution in [0.3, 0.4) is 0 Å². The Bertz CT molecular complexity index is 706. The molecule has 0 spiro atoms. The molecule has 1 aromatic carbocycles. The van der Waals surface area contributed by atoms with E-state index in [1.807, 2.05) is 16.7 Å². The number of aromatic nitrogens is 3. The molecule has 0 atom stereocenters. The van der Waals surface area contributed by atoms with Crippen LogP contribution in [0.4, 0.5) is 4.39 Å². The van der Waals surface area contributed by atoms with Crippen LogP contribution in [0.5, 0.6) is 0 Å². The third kappa shape index (κ3) is 7.18. The highest BCUT2D eigenvalue weighted by atomic mass is 127. The van der Waals surface area contributed by atoms with E-state index in [0.29, 0.717) is 6.42 Å². The molecule has 2 rings (SSSR count). The Hall–Kier alpha value is -1.23. The van der Waals surface area contributed by atoms with E-state index in [4.69, 9.17) is 0 Å². The van der Waals surface area contributed by atoms with Gasteiger partial charge in [0, 0.05) is 37.6 Å². The van der Waals surface area contributed by atoms with E-state index in [9.17, 15) is 4.39 Å². The van der Waals surface area contributed by atoms with Crippen LogP contribution in [-0.2, 0) is 19.4 Å². The zero-order valence-electron chi connectivity index (χ0n) is 15.0. The lowest BCUT2D eigenvalue weighted by Crippen LogP contribution is -2.39. The first-order valence-electron chi connectivity index (χ1n) is 8.39. The molecule has 1 aromatic heterocycles. The Morgan fingerprint density at radius 3 is 2.77 bits per heavy atom. The SMILES string of the molecule is CCc1nncn1CCNC(=NC)NCCCc1ccc(Br)cc1F.I. The molecule has 1 heterocycles. The molecule has 0 aliphatic heterocycles. The average Bonchev–Trinajstić information content (AvgIpc) is 3.06. The minimum atomic E-state index is -0.169. The molecule has 0 radical (unpaired) electrons. The molecule has 0 bridgehead atoms. The molecule has 2 aromatic rings. The molecule has 0 unspecified atom stereocenters. The van der Waals surface area contributed by atoms with Gasteiger partial charge in [0.2, 0.25) is 0 Å². The smallest absolute Gasteiger partial charge is 0.191 e. The predicted octanol–water partition coefficient (Wildman–Crippen LogP) is 3.16. The highest BCUT2D eigenvalue weighted by Gasteiger charge is 2.04. The number of rotatable bonds is 8. The molecule has 144 valence electrons. The minimum Gasteiger partial charge on any atom is -0.356 e. The van der Waals surface area contributed by atoms with Gasteiger partial charge in [0.05, 0.1) is 0 Å². The summed E-state index contributed by atoms with van der Waals surface area (Å²) in [6.07, 6.45) is 4.11. The number of benzene rings is 1. The molecule has 0 saturated carbocycles. The van der Waals surface area contributed by atoms with Crippen molar-refractivity contribution in [3.8, 4) is 0 Å². The van der Waals surface area contributed by atoms with E-state index < -0.39 is 0 Å². The Morgan fingerprint density at radius 2 is 2.08 bits per heavy atom. The molecule has 2 N–H and O–H groups in total. The summed E-state index contributed by atoms with van der Waals surface area (Å²) in [6, 6.07) is 5.18. The van der Waals surface area contributed by atoms with Crippen LogP contribution in [0.25, 0.3) is 0 Å². The molecule has 0 saturated heterocycles. The van der Waals surface area contributed by atoms with Gasteiger partial charge >= 0.3 is 0 Å². The van der Waals surface area contributed by atoms with E-state index in [1.165, 1.54) is 6.07 Å². The third-order valence-electron chi connectivity index (χ3n) is 3.81. The number of halogens is 3. The molecule has 9 heteroatoms. The zero-order chi connectivity index (χ0) is 18.1. The van der Waals surface area contributed by atoms with Crippen LogP contribution in [0.15, 0.2) is 34.0 Å².